The number of para-hydroxylation sites is 2. The summed E-state index contributed by atoms with van der Waals surface area (Å²) in [7, 11) is 2.18. The van der Waals surface area contributed by atoms with E-state index < -0.39 is 0 Å². The van der Waals surface area contributed by atoms with Crippen LogP contribution in [0.3, 0.4) is 0 Å². The minimum absolute atomic E-state index is 0.137. The van der Waals surface area contributed by atoms with Gasteiger partial charge >= 0.3 is 0 Å². The topological polar surface area (TPSA) is 6.48 Å². The summed E-state index contributed by atoms with van der Waals surface area (Å²) in [5.41, 5.74) is 3.44. The van der Waals surface area contributed by atoms with E-state index in [4.69, 9.17) is 0 Å². The van der Waals surface area contributed by atoms with Crippen LogP contribution in [0.4, 0.5) is 15.8 Å². The van der Waals surface area contributed by atoms with Gasteiger partial charge in [-0.1, -0.05) is 30.3 Å². The molecule has 3 heteroatoms. The van der Waals surface area contributed by atoms with E-state index in [0.29, 0.717) is 5.69 Å². The molecule has 0 N–H and O–H groups in total. The van der Waals surface area contributed by atoms with E-state index >= 15 is 0 Å². The molecule has 0 bridgehead atoms. The Morgan fingerprint density at radius 3 is 2.27 bits per heavy atom. The summed E-state index contributed by atoms with van der Waals surface area (Å²) in [6.45, 7) is 3.11. The number of halogens is 1. The van der Waals surface area contributed by atoms with Crippen molar-refractivity contribution < 1.29 is 4.39 Å². The number of anilines is 2. The second kappa shape index (κ2) is 5.10. The minimum Gasteiger partial charge on any atom is -0.338 e. The van der Waals surface area contributed by atoms with Crippen LogP contribution < -0.4 is 4.90 Å². The number of hydrogen-bond donors (Lipinski definition) is 0. The number of hydrogen-bond acceptors (Lipinski definition) is 2. The summed E-state index contributed by atoms with van der Waals surface area (Å²) in [5.74, 6) is -0.137. The summed E-state index contributed by atoms with van der Waals surface area (Å²) in [5, 5.41) is 0. The summed E-state index contributed by atoms with van der Waals surface area (Å²) in [6.07, 6.45) is 2.29. The van der Waals surface area contributed by atoms with Crippen LogP contribution in [0.25, 0.3) is 0 Å². The van der Waals surface area contributed by atoms with Gasteiger partial charge in [-0.2, -0.15) is 0 Å². The highest BCUT2D eigenvalue weighted by Crippen LogP contribution is 2.49. The van der Waals surface area contributed by atoms with Crippen LogP contribution in [0.2, 0.25) is 0 Å². The number of benzene rings is 2. The molecule has 4 rings (SSSR count). The molecular formula is C19H21FN2. The molecule has 1 saturated heterocycles. The Hall–Kier alpha value is -1.87. The Bertz CT molecular complexity index is 689. The average Bonchev–Trinajstić information content (AvgIpc) is 2.86. The molecule has 0 unspecified atom stereocenters. The Kier molecular flexibility index (Phi) is 3.19. The van der Waals surface area contributed by atoms with Gasteiger partial charge in [0.15, 0.2) is 0 Å². The highest BCUT2D eigenvalue weighted by molar-refractivity contribution is 5.73. The molecule has 114 valence electrons. The molecule has 0 amide bonds. The van der Waals surface area contributed by atoms with Crippen molar-refractivity contribution in [1.82, 2.24) is 4.90 Å². The maximum Gasteiger partial charge on any atom is 0.146 e. The van der Waals surface area contributed by atoms with Crippen molar-refractivity contribution in [3.8, 4) is 0 Å². The molecule has 1 spiro atoms. The van der Waals surface area contributed by atoms with Crippen LogP contribution in [0.5, 0.6) is 0 Å². The lowest BCUT2D eigenvalue weighted by Crippen LogP contribution is -2.43. The number of likely N-dealkylation sites (tertiary alicyclic amines) is 1. The SMILES string of the molecule is CN1CCC2(CC1)CN(c1ccccc1F)c1ccccc12. The molecule has 0 saturated carbocycles. The molecule has 2 aliphatic heterocycles. The second-order valence-electron chi connectivity index (χ2n) is 6.64. The first-order chi connectivity index (χ1) is 10.7. The Balaban J connectivity index is 1.79. The fourth-order valence-corrected chi connectivity index (χ4v) is 3.99. The first kappa shape index (κ1) is 13.8. The van der Waals surface area contributed by atoms with Crippen molar-refractivity contribution in [2.75, 3.05) is 31.6 Å². The zero-order valence-corrected chi connectivity index (χ0v) is 12.9. The van der Waals surface area contributed by atoms with Crippen LogP contribution in [0.15, 0.2) is 48.5 Å². The molecule has 1 fully saturated rings. The van der Waals surface area contributed by atoms with E-state index in [1.165, 1.54) is 11.3 Å². The van der Waals surface area contributed by atoms with E-state index in [1.807, 2.05) is 12.1 Å². The fourth-order valence-electron chi connectivity index (χ4n) is 3.99. The van der Waals surface area contributed by atoms with Gasteiger partial charge in [0.05, 0.1) is 5.69 Å². The predicted molar refractivity (Wildman–Crippen MR) is 88.3 cm³/mol. The van der Waals surface area contributed by atoms with Gasteiger partial charge in [-0.05, 0) is 56.7 Å². The zero-order valence-electron chi connectivity index (χ0n) is 12.9. The van der Waals surface area contributed by atoms with Crippen molar-refractivity contribution in [3.63, 3.8) is 0 Å². The lowest BCUT2D eigenvalue weighted by Gasteiger charge is -2.38. The van der Waals surface area contributed by atoms with Gasteiger partial charge in [-0.25, -0.2) is 4.39 Å². The Labute approximate surface area is 131 Å². The van der Waals surface area contributed by atoms with E-state index in [-0.39, 0.29) is 11.2 Å². The maximum atomic E-state index is 14.3. The molecule has 0 aliphatic carbocycles. The van der Waals surface area contributed by atoms with E-state index in [1.54, 1.807) is 12.1 Å². The Morgan fingerprint density at radius 2 is 1.55 bits per heavy atom. The second-order valence-corrected chi connectivity index (χ2v) is 6.64. The molecule has 0 atom stereocenters. The highest BCUT2D eigenvalue weighted by atomic mass is 19.1. The highest BCUT2D eigenvalue weighted by Gasteiger charge is 2.44. The van der Waals surface area contributed by atoms with Crippen LogP contribution in [0, 0.1) is 5.82 Å². The molecule has 0 aromatic heterocycles. The van der Waals surface area contributed by atoms with Crippen LogP contribution in [-0.4, -0.2) is 31.6 Å². The van der Waals surface area contributed by atoms with E-state index in [2.05, 4.69) is 41.1 Å². The van der Waals surface area contributed by atoms with Crippen molar-refractivity contribution in [2.24, 2.45) is 0 Å². The largest absolute Gasteiger partial charge is 0.338 e. The number of piperidine rings is 1. The van der Waals surface area contributed by atoms with Gasteiger partial charge in [0.1, 0.15) is 5.82 Å². The van der Waals surface area contributed by atoms with Gasteiger partial charge < -0.3 is 9.80 Å². The van der Waals surface area contributed by atoms with Gasteiger partial charge in [-0.15, -0.1) is 0 Å². The zero-order chi connectivity index (χ0) is 15.2. The van der Waals surface area contributed by atoms with Gasteiger partial charge in [0.25, 0.3) is 0 Å². The number of fused-ring (bicyclic) bond motifs is 2. The quantitative estimate of drug-likeness (QED) is 0.786. The third-order valence-electron chi connectivity index (χ3n) is 5.31. The minimum atomic E-state index is -0.137. The molecule has 0 radical (unpaired) electrons. The third kappa shape index (κ3) is 2.03. The Morgan fingerprint density at radius 1 is 0.909 bits per heavy atom. The summed E-state index contributed by atoms with van der Waals surface area (Å²) >= 11 is 0. The van der Waals surface area contributed by atoms with Crippen LogP contribution in [0.1, 0.15) is 18.4 Å². The number of nitrogens with zero attached hydrogens (tertiary/aromatic N) is 2. The number of rotatable bonds is 1. The normalized spacial score (nSPS) is 20.4. The smallest absolute Gasteiger partial charge is 0.146 e. The van der Waals surface area contributed by atoms with Crippen LogP contribution >= 0.6 is 0 Å². The van der Waals surface area contributed by atoms with Gasteiger partial charge in [0.2, 0.25) is 0 Å². The van der Waals surface area contributed by atoms with E-state index in [0.717, 1.165) is 32.5 Å². The van der Waals surface area contributed by atoms with E-state index in [9.17, 15) is 4.39 Å². The van der Waals surface area contributed by atoms with Gasteiger partial charge in [-0.3, -0.25) is 0 Å². The molecule has 2 aromatic carbocycles. The molecule has 22 heavy (non-hydrogen) atoms. The summed E-state index contributed by atoms with van der Waals surface area (Å²) < 4.78 is 14.3. The average molecular weight is 296 g/mol. The lowest BCUT2D eigenvalue weighted by atomic mass is 9.74. The monoisotopic (exact) mass is 296 g/mol. The summed E-state index contributed by atoms with van der Waals surface area (Å²) in [6, 6.07) is 15.7. The molecule has 2 nitrogen and oxygen atoms in total. The van der Waals surface area contributed by atoms with Crippen LogP contribution in [-0.2, 0) is 5.41 Å². The standard InChI is InChI=1S/C19H21FN2/c1-21-12-10-19(11-13-21)14-22(17-8-4-2-6-15(17)19)18-9-5-3-7-16(18)20/h2-9H,10-14H2,1H3. The molecule has 2 heterocycles. The van der Waals surface area contributed by atoms with Crippen molar-refractivity contribution >= 4 is 11.4 Å². The first-order valence-electron chi connectivity index (χ1n) is 8.00. The van der Waals surface area contributed by atoms with Gasteiger partial charge in [0, 0.05) is 17.6 Å². The third-order valence-corrected chi connectivity index (χ3v) is 5.31. The lowest BCUT2D eigenvalue weighted by molar-refractivity contribution is 0.198. The molecule has 2 aliphatic rings. The maximum absolute atomic E-state index is 14.3. The fraction of sp³-hybridized carbons (Fsp3) is 0.368. The van der Waals surface area contributed by atoms with Crippen molar-refractivity contribution in [3.05, 3.63) is 59.9 Å². The predicted octanol–water partition coefficient (Wildman–Crippen LogP) is 3.94. The summed E-state index contributed by atoms with van der Waals surface area (Å²) in [4.78, 5) is 4.57. The molecule has 2 aromatic rings. The van der Waals surface area contributed by atoms with Crippen molar-refractivity contribution in [1.29, 1.82) is 0 Å². The molecular weight excluding hydrogens is 275 g/mol. The van der Waals surface area contributed by atoms with Crippen molar-refractivity contribution in [2.45, 2.75) is 18.3 Å². The first-order valence-corrected chi connectivity index (χ1v) is 8.00.